The van der Waals surface area contributed by atoms with E-state index >= 15 is 0 Å². The van der Waals surface area contributed by atoms with Gasteiger partial charge in [0.1, 0.15) is 0 Å². The minimum Gasteiger partial charge on any atom is -0.279 e. The maximum absolute atomic E-state index is 13.3. The molecule has 24 heavy (non-hydrogen) atoms. The van der Waals surface area contributed by atoms with Crippen molar-refractivity contribution in [3.8, 4) is 0 Å². The largest absolute Gasteiger partial charge is 0.306 e. The van der Waals surface area contributed by atoms with Crippen molar-refractivity contribution in [3.05, 3.63) is 68.0 Å². The van der Waals surface area contributed by atoms with E-state index in [1.165, 1.54) is 13.0 Å². The molecule has 0 saturated carbocycles. The van der Waals surface area contributed by atoms with Crippen LogP contribution in [0.3, 0.4) is 0 Å². The molecule has 0 amide bonds. The van der Waals surface area contributed by atoms with Gasteiger partial charge >= 0.3 is 5.69 Å². The van der Waals surface area contributed by atoms with E-state index in [4.69, 9.17) is 0 Å². The fourth-order valence-electron chi connectivity index (χ4n) is 2.02. The summed E-state index contributed by atoms with van der Waals surface area (Å²) in [6, 6.07) is 5.98. The highest BCUT2D eigenvalue weighted by Crippen LogP contribution is 2.28. The minimum atomic E-state index is -4.25. The highest BCUT2D eigenvalue weighted by molar-refractivity contribution is 7.92. The van der Waals surface area contributed by atoms with Crippen molar-refractivity contribution in [3.63, 3.8) is 0 Å². The fourth-order valence-corrected chi connectivity index (χ4v) is 3.33. The topological polar surface area (TPSA) is 132 Å². The SMILES string of the molecule is Cc1c([N+](=O)[O-])cccc1S(=O)(=O)Nc1ccc(F)c([N+](=O)[O-])c1. The first-order valence-electron chi connectivity index (χ1n) is 6.34. The van der Waals surface area contributed by atoms with Crippen LogP contribution in [0.5, 0.6) is 0 Å². The molecular formula is C13H10FN3O6S. The summed E-state index contributed by atoms with van der Waals surface area (Å²) in [5, 5.41) is 21.6. The van der Waals surface area contributed by atoms with Gasteiger partial charge in [0, 0.05) is 17.7 Å². The van der Waals surface area contributed by atoms with E-state index in [-0.39, 0.29) is 21.8 Å². The predicted molar refractivity (Wildman–Crippen MR) is 81.7 cm³/mol. The van der Waals surface area contributed by atoms with Crippen LogP contribution in [0.2, 0.25) is 0 Å². The third kappa shape index (κ3) is 3.30. The molecular weight excluding hydrogens is 345 g/mol. The summed E-state index contributed by atoms with van der Waals surface area (Å²) >= 11 is 0. The van der Waals surface area contributed by atoms with Gasteiger partial charge < -0.3 is 0 Å². The number of nitrogens with zero attached hydrogens (tertiary/aromatic N) is 2. The molecule has 0 spiro atoms. The maximum Gasteiger partial charge on any atom is 0.306 e. The van der Waals surface area contributed by atoms with E-state index in [0.29, 0.717) is 0 Å². The molecule has 1 N–H and O–H groups in total. The van der Waals surface area contributed by atoms with E-state index in [0.717, 1.165) is 30.3 Å². The predicted octanol–water partition coefficient (Wildman–Crippen LogP) is 2.75. The van der Waals surface area contributed by atoms with Crippen molar-refractivity contribution in [1.82, 2.24) is 0 Å². The summed E-state index contributed by atoms with van der Waals surface area (Å²) in [6.45, 7) is 1.26. The van der Waals surface area contributed by atoms with Gasteiger partial charge in [-0.3, -0.25) is 25.0 Å². The summed E-state index contributed by atoms with van der Waals surface area (Å²) < 4.78 is 40.1. The highest BCUT2D eigenvalue weighted by atomic mass is 32.2. The lowest BCUT2D eigenvalue weighted by molar-refractivity contribution is -0.387. The van der Waals surface area contributed by atoms with E-state index in [1.54, 1.807) is 0 Å². The zero-order chi connectivity index (χ0) is 18.1. The molecule has 0 aliphatic carbocycles. The zero-order valence-electron chi connectivity index (χ0n) is 12.1. The molecule has 0 saturated heterocycles. The number of anilines is 1. The third-order valence-electron chi connectivity index (χ3n) is 3.14. The molecule has 0 unspecified atom stereocenters. The molecule has 0 aliphatic rings. The molecule has 0 heterocycles. The Hall–Kier alpha value is -3.08. The van der Waals surface area contributed by atoms with Crippen LogP contribution in [-0.4, -0.2) is 18.3 Å². The quantitative estimate of drug-likeness (QED) is 0.647. The van der Waals surface area contributed by atoms with Crippen LogP contribution in [0, 0.1) is 33.0 Å². The van der Waals surface area contributed by atoms with Gasteiger partial charge in [0.15, 0.2) is 0 Å². The maximum atomic E-state index is 13.3. The Morgan fingerprint density at radius 1 is 1.04 bits per heavy atom. The lowest BCUT2D eigenvalue weighted by atomic mass is 10.2. The Labute approximate surface area is 135 Å². The van der Waals surface area contributed by atoms with Gasteiger partial charge in [-0.05, 0) is 25.1 Å². The summed E-state index contributed by atoms with van der Waals surface area (Å²) in [4.78, 5) is 19.5. The van der Waals surface area contributed by atoms with Gasteiger partial charge in [0.05, 0.1) is 20.4 Å². The Morgan fingerprint density at radius 2 is 1.67 bits per heavy atom. The van der Waals surface area contributed by atoms with Gasteiger partial charge in [-0.1, -0.05) is 6.07 Å². The second-order valence-corrected chi connectivity index (χ2v) is 6.34. The normalized spacial score (nSPS) is 11.1. The molecule has 2 aromatic carbocycles. The van der Waals surface area contributed by atoms with Crippen molar-refractivity contribution in [2.24, 2.45) is 0 Å². The minimum absolute atomic E-state index is 0.0911. The second-order valence-electron chi connectivity index (χ2n) is 4.69. The number of hydrogen-bond donors (Lipinski definition) is 1. The summed E-state index contributed by atoms with van der Waals surface area (Å²) in [7, 11) is -4.25. The number of benzene rings is 2. The first kappa shape index (κ1) is 17.3. The monoisotopic (exact) mass is 355 g/mol. The molecule has 2 rings (SSSR count). The third-order valence-corrected chi connectivity index (χ3v) is 4.66. The van der Waals surface area contributed by atoms with Crippen molar-refractivity contribution in [1.29, 1.82) is 0 Å². The van der Waals surface area contributed by atoms with Gasteiger partial charge in [0.2, 0.25) is 5.82 Å². The second kappa shape index (κ2) is 6.20. The summed E-state index contributed by atoms with van der Waals surface area (Å²) in [5.74, 6) is -1.12. The van der Waals surface area contributed by atoms with Crippen LogP contribution < -0.4 is 4.72 Å². The molecule has 0 aliphatic heterocycles. The lowest BCUT2D eigenvalue weighted by Crippen LogP contribution is -2.15. The summed E-state index contributed by atoms with van der Waals surface area (Å²) in [6.07, 6.45) is 0. The molecule has 9 nitrogen and oxygen atoms in total. The van der Waals surface area contributed by atoms with Crippen LogP contribution in [0.1, 0.15) is 5.56 Å². The average Bonchev–Trinajstić information content (AvgIpc) is 2.48. The first-order chi connectivity index (χ1) is 11.1. The van der Waals surface area contributed by atoms with E-state index in [9.17, 15) is 33.0 Å². The lowest BCUT2D eigenvalue weighted by Gasteiger charge is -2.10. The molecule has 126 valence electrons. The van der Waals surface area contributed by atoms with Gasteiger partial charge in [-0.2, -0.15) is 4.39 Å². The Bertz CT molecular complexity index is 945. The van der Waals surface area contributed by atoms with Crippen LogP contribution >= 0.6 is 0 Å². The van der Waals surface area contributed by atoms with Gasteiger partial charge in [-0.25, -0.2) is 8.42 Å². The van der Waals surface area contributed by atoms with Crippen molar-refractivity contribution >= 4 is 27.1 Å². The molecule has 0 fully saturated rings. The molecule has 0 aromatic heterocycles. The van der Waals surface area contributed by atoms with E-state index in [2.05, 4.69) is 0 Å². The molecule has 2 aromatic rings. The molecule has 0 bridgehead atoms. The van der Waals surface area contributed by atoms with Crippen molar-refractivity contribution in [2.75, 3.05) is 4.72 Å². The van der Waals surface area contributed by atoms with Crippen molar-refractivity contribution in [2.45, 2.75) is 11.8 Å². The fraction of sp³-hybridized carbons (Fsp3) is 0.0769. The Balaban J connectivity index is 2.47. The van der Waals surface area contributed by atoms with Crippen molar-refractivity contribution < 1.29 is 22.7 Å². The zero-order valence-corrected chi connectivity index (χ0v) is 12.9. The molecule has 0 atom stereocenters. The van der Waals surface area contributed by atoms with Gasteiger partial charge in [-0.15, -0.1) is 0 Å². The summed E-state index contributed by atoms with van der Waals surface area (Å²) in [5.41, 5.74) is -1.62. The standard InChI is InChI=1S/C13H10FN3O6S/c1-8-11(16(18)19)3-2-4-13(8)24(22,23)15-9-5-6-10(14)12(7-9)17(20)21/h2-7,15H,1H3. The van der Waals surface area contributed by atoms with Crippen LogP contribution in [-0.2, 0) is 10.0 Å². The molecule has 0 radical (unpaired) electrons. The van der Waals surface area contributed by atoms with Crippen LogP contribution in [0.25, 0.3) is 0 Å². The van der Waals surface area contributed by atoms with Crippen LogP contribution in [0.4, 0.5) is 21.5 Å². The van der Waals surface area contributed by atoms with Crippen LogP contribution in [0.15, 0.2) is 41.3 Å². The smallest absolute Gasteiger partial charge is 0.279 e. The molecule has 11 heteroatoms. The highest BCUT2D eigenvalue weighted by Gasteiger charge is 2.24. The number of nitro benzene ring substituents is 2. The number of hydrogen-bond acceptors (Lipinski definition) is 6. The van der Waals surface area contributed by atoms with E-state index < -0.39 is 31.4 Å². The number of sulfonamides is 1. The van der Waals surface area contributed by atoms with E-state index in [1.807, 2.05) is 4.72 Å². The Morgan fingerprint density at radius 3 is 2.25 bits per heavy atom. The first-order valence-corrected chi connectivity index (χ1v) is 7.82. The number of nitro groups is 2. The number of rotatable bonds is 5. The number of nitrogens with one attached hydrogen (secondary N) is 1. The Kier molecular flexibility index (Phi) is 4.46. The number of halogens is 1. The average molecular weight is 355 g/mol. The van der Waals surface area contributed by atoms with Gasteiger partial charge in [0.25, 0.3) is 15.7 Å².